The van der Waals surface area contributed by atoms with E-state index in [0.29, 0.717) is 0 Å². The molecule has 3 rings (SSSR count). The Morgan fingerprint density at radius 1 is 1.00 bits per heavy atom. The van der Waals surface area contributed by atoms with Crippen LogP contribution in [-0.4, -0.2) is 43.2 Å². The molecule has 1 unspecified atom stereocenters. The second-order valence-electron chi connectivity index (χ2n) is 9.47. The Morgan fingerprint density at radius 2 is 1.59 bits per heavy atom. The van der Waals surface area contributed by atoms with Crippen LogP contribution in [0, 0.1) is 20.8 Å². The number of unbranched alkanes of at least 4 members (excludes halogenated alkanes) is 1. The van der Waals surface area contributed by atoms with Gasteiger partial charge in [-0.3, -0.25) is 4.79 Å². The van der Waals surface area contributed by atoms with Crippen molar-refractivity contribution in [3.8, 4) is 5.75 Å². The van der Waals surface area contributed by atoms with Crippen LogP contribution >= 0.6 is 0 Å². The molecule has 2 aromatic rings. The van der Waals surface area contributed by atoms with Crippen molar-refractivity contribution in [2.45, 2.75) is 72.3 Å². The van der Waals surface area contributed by atoms with E-state index in [1.807, 2.05) is 44.2 Å². The number of aryl methyl sites for hydroxylation is 3. The van der Waals surface area contributed by atoms with E-state index in [1.54, 1.807) is 7.11 Å². The second-order valence-corrected chi connectivity index (χ2v) is 9.47. The molecule has 1 atom stereocenters. The maximum absolute atomic E-state index is 13.3. The van der Waals surface area contributed by atoms with Gasteiger partial charge in [-0.1, -0.05) is 56.2 Å². The lowest BCUT2D eigenvalue weighted by Gasteiger charge is -2.41. The lowest BCUT2D eigenvalue weighted by atomic mass is 10.0. The molecule has 176 valence electrons. The third-order valence-corrected chi connectivity index (χ3v) is 6.82. The Hall–Kier alpha value is -2.33. The van der Waals surface area contributed by atoms with Crippen LogP contribution in [0.2, 0.25) is 0 Å². The van der Waals surface area contributed by atoms with E-state index in [1.165, 1.54) is 18.4 Å². The fourth-order valence-corrected chi connectivity index (χ4v) is 4.67. The van der Waals surface area contributed by atoms with Gasteiger partial charge >= 0.3 is 0 Å². The molecule has 1 fully saturated rings. The number of carbonyl (C=O) groups is 1. The predicted molar refractivity (Wildman–Crippen MR) is 135 cm³/mol. The van der Waals surface area contributed by atoms with Gasteiger partial charge < -0.3 is 14.5 Å². The first-order valence-corrected chi connectivity index (χ1v) is 12.1. The van der Waals surface area contributed by atoms with Crippen molar-refractivity contribution >= 4 is 11.6 Å². The lowest BCUT2D eigenvalue weighted by molar-refractivity contribution is -0.934. The zero-order valence-electron chi connectivity index (χ0n) is 21.3. The van der Waals surface area contributed by atoms with Crippen LogP contribution in [0.25, 0.3) is 0 Å². The summed E-state index contributed by atoms with van der Waals surface area (Å²) >= 11 is 0. The highest BCUT2D eigenvalue weighted by molar-refractivity contribution is 6.00. The Labute approximate surface area is 195 Å². The molecular formula is C28H43N2O2+. The Bertz CT molecular complexity index is 851. The van der Waals surface area contributed by atoms with Crippen molar-refractivity contribution in [3.05, 3.63) is 59.2 Å². The minimum atomic E-state index is -0.246. The van der Waals surface area contributed by atoms with Crippen LogP contribution in [0.4, 0.5) is 5.69 Å². The summed E-state index contributed by atoms with van der Waals surface area (Å²) in [4.78, 5) is 13.3. The predicted octanol–water partition coefficient (Wildman–Crippen LogP) is 6.43. The van der Waals surface area contributed by atoms with Crippen LogP contribution < -0.4 is 10.1 Å². The van der Waals surface area contributed by atoms with Crippen molar-refractivity contribution < 1.29 is 14.0 Å². The molecule has 1 aliphatic rings. The van der Waals surface area contributed by atoms with E-state index in [-0.39, 0.29) is 11.4 Å². The van der Waals surface area contributed by atoms with Crippen LogP contribution in [-0.2, 0) is 4.79 Å². The molecule has 2 aromatic carbocycles. The topological polar surface area (TPSA) is 38.3 Å². The molecular weight excluding hydrogens is 396 g/mol. The van der Waals surface area contributed by atoms with Crippen molar-refractivity contribution in [2.24, 2.45) is 0 Å². The summed E-state index contributed by atoms with van der Waals surface area (Å²) in [5, 5.41) is 3.26. The fraction of sp³-hybridized carbons (Fsp3) is 0.536. The molecule has 1 N–H and O–H groups in total. The van der Waals surface area contributed by atoms with Gasteiger partial charge in [-0.2, -0.15) is 0 Å². The zero-order valence-corrected chi connectivity index (χ0v) is 21.3. The fourth-order valence-electron chi connectivity index (χ4n) is 4.67. The first kappa shape index (κ1) is 25.9. The molecule has 0 heterocycles. The number of carbonyl (C=O) groups excluding carboxylic acids is 1. The highest BCUT2D eigenvalue weighted by Crippen LogP contribution is 2.47. The summed E-state index contributed by atoms with van der Waals surface area (Å²) < 4.78 is 6.20. The van der Waals surface area contributed by atoms with Gasteiger partial charge in [-0.15, -0.1) is 0 Å². The average molecular weight is 440 g/mol. The van der Waals surface area contributed by atoms with Gasteiger partial charge in [0, 0.05) is 18.5 Å². The number of quaternary nitrogens is 1. The van der Waals surface area contributed by atoms with Crippen LogP contribution in [0.1, 0.15) is 62.6 Å². The number of nitrogens with one attached hydrogen (secondary N) is 1. The van der Waals surface area contributed by atoms with Gasteiger partial charge in [0.05, 0.1) is 27.2 Å². The van der Waals surface area contributed by atoms with Crippen LogP contribution in [0.5, 0.6) is 5.75 Å². The summed E-state index contributed by atoms with van der Waals surface area (Å²) in [5.74, 6) is 1.03. The van der Waals surface area contributed by atoms with Crippen LogP contribution in [0.15, 0.2) is 42.5 Å². The average Bonchev–Trinajstić information content (AvgIpc) is 3.58. The number of amides is 1. The number of benzene rings is 2. The molecule has 4 nitrogen and oxygen atoms in total. The third kappa shape index (κ3) is 6.13. The van der Waals surface area contributed by atoms with Crippen molar-refractivity contribution in [3.63, 3.8) is 0 Å². The molecule has 0 aromatic heterocycles. The zero-order chi connectivity index (χ0) is 23.8. The van der Waals surface area contributed by atoms with E-state index in [9.17, 15) is 4.79 Å². The van der Waals surface area contributed by atoms with Gasteiger partial charge in [0.25, 0.3) is 5.91 Å². The highest BCUT2D eigenvalue weighted by atomic mass is 16.5. The molecule has 0 bridgehead atoms. The first-order valence-electron chi connectivity index (χ1n) is 12.1. The van der Waals surface area contributed by atoms with E-state index >= 15 is 0 Å². The van der Waals surface area contributed by atoms with E-state index in [4.69, 9.17) is 4.74 Å². The number of hydrogen-bond donors (Lipinski definition) is 1. The Balaban J connectivity index is 0.000000439. The number of anilines is 1. The largest absolute Gasteiger partial charge is 0.497 e. The summed E-state index contributed by atoms with van der Waals surface area (Å²) in [6, 6.07) is 14.2. The van der Waals surface area contributed by atoms with Gasteiger partial charge in [-0.05, 0) is 56.9 Å². The molecule has 0 aliphatic heterocycles. The van der Waals surface area contributed by atoms with Crippen LogP contribution in [0.3, 0.4) is 0 Å². The second kappa shape index (κ2) is 11.5. The minimum absolute atomic E-state index is 0.191. The number of nitrogens with zero attached hydrogens (tertiary/aromatic N) is 1. The molecule has 1 amide bonds. The van der Waals surface area contributed by atoms with Crippen molar-refractivity contribution in [2.75, 3.05) is 32.6 Å². The van der Waals surface area contributed by atoms with Crippen molar-refractivity contribution in [1.29, 1.82) is 0 Å². The quantitative estimate of drug-likeness (QED) is 0.457. The molecule has 4 heteroatoms. The van der Waals surface area contributed by atoms with E-state index < -0.39 is 0 Å². The number of rotatable bonds is 9. The number of likely N-dealkylation sites (N-methyl/N-ethyl adjacent to an activating group) is 1. The molecule has 32 heavy (non-hydrogen) atoms. The summed E-state index contributed by atoms with van der Waals surface area (Å²) in [6.07, 6.45) is 5.44. The number of ether oxygens (including phenoxy) is 1. The summed E-state index contributed by atoms with van der Waals surface area (Å²) in [6.45, 7) is 12.7. The Morgan fingerprint density at radius 3 is 2.00 bits per heavy atom. The third-order valence-electron chi connectivity index (χ3n) is 6.82. The molecule has 0 saturated heterocycles. The molecule has 1 saturated carbocycles. The molecule has 0 spiro atoms. The summed E-state index contributed by atoms with van der Waals surface area (Å²) in [5.41, 5.74) is 4.13. The van der Waals surface area contributed by atoms with E-state index in [0.717, 1.165) is 59.4 Å². The Kier molecular flexibility index (Phi) is 9.33. The molecule has 1 aliphatic carbocycles. The normalized spacial score (nSPS) is 15.7. The smallest absolute Gasteiger partial charge is 0.285 e. The van der Waals surface area contributed by atoms with Gasteiger partial charge in [0.1, 0.15) is 5.75 Å². The van der Waals surface area contributed by atoms with Crippen molar-refractivity contribution in [1.82, 2.24) is 0 Å². The van der Waals surface area contributed by atoms with E-state index in [2.05, 4.69) is 45.3 Å². The maximum Gasteiger partial charge on any atom is 0.285 e. The number of hydrogen-bond acceptors (Lipinski definition) is 2. The van der Waals surface area contributed by atoms with Gasteiger partial charge in [0.2, 0.25) is 0 Å². The maximum atomic E-state index is 13.3. The number of methoxy groups -OCH3 is 1. The van der Waals surface area contributed by atoms with Gasteiger partial charge in [0.15, 0.2) is 5.54 Å². The van der Waals surface area contributed by atoms with Gasteiger partial charge in [-0.25, -0.2) is 0 Å². The summed E-state index contributed by atoms with van der Waals surface area (Å²) in [7, 11) is 3.95. The first-order chi connectivity index (χ1) is 15.2. The highest BCUT2D eigenvalue weighted by Gasteiger charge is 2.63. The minimum Gasteiger partial charge on any atom is -0.497 e. The lowest BCUT2D eigenvalue weighted by Crippen LogP contribution is -2.60. The SMILES string of the molecule is CCCC[N+](C)(CCC)C1(C(=O)Nc2c(C)cc(OC)cc2C)CC1.Cc1ccccc1. The molecule has 0 radical (unpaired) electrons. The standard InChI is InChI=1S/C21H34N2O2.C7H8/c1-7-9-13-23(5,12-8-2)21(10-11-21)20(24)22-19-16(3)14-18(25-6)15-17(19)4;1-7-5-3-2-4-6-7/h14-15H,7-13H2,1-6H3;2-6H,1H3/p+1. The monoisotopic (exact) mass is 439 g/mol.